The van der Waals surface area contributed by atoms with Crippen molar-refractivity contribution in [2.45, 2.75) is 0 Å². The fourth-order valence-corrected chi connectivity index (χ4v) is 4.28. The van der Waals surface area contributed by atoms with Gasteiger partial charge >= 0.3 is 0 Å². The lowest BCUT2D eigenvalue weighted by molar-refractivity contribution is 0.595. The molecule has 0 radical (unpaired) electrons. The minimum atomic E-state index is -3.94. The van der Waals surface area contributed by atoms with E-state index in [0.717, 1.165) is 6.26 Å². The van der Waals surface area contributed by atoms with Crippen molar-refractivity contribution in [3.63, 3.8) is 0 Å². The monoisotopic (exact) mass is 302 g/mol. The number of sulfonamides is 1. The second-order valence-corrected chi connectivity index (χ2v) is 8.08. The van der Waals surface area contributed by atoms with E-state index in [4.69, 9.17) is 5.73 Å². The lowest BCUT2D eigenvalue weighted by atomic mass is 10.2. The van der Waals surface area contributed by atoms with Gasteiger partial charge in [0.25, 0.3) is 0 Å². The highest BCUT2D eigenvalue weighted by molar-refractivity contribution is 8.08. The first kappa shape index (κ1) is 15.5. The van der Waals surface area contributed by atoms with Gasteiger partial charge in [-0.1, -0.05) is 17.9 Å². The van der Waals surface area contributed by atoms with Crippen LogP contribution in [0.15, 0.2) is 24.3 Å². The second-order valence-electron chi connectivity index (χ2n) is 3.85. The first-order chi connectivity index (χ1) is 8.72. The summed E-state index contributed by atoms with van der Waals surface area (Å²) in [6, 6.07) is 6.31. The Bertz CT molecular complexity index is 713. The molecule has 0 unspecified atom stereocenters. The summed E-state index contributed by atoms with van der Waals surface area (Å²) in [5, 5.41) is -0.960. The van der Waals surface area contributed by atoms with E-state index in [1.807, 2.05) is 0 Å². The highest BCUT2D eigenvalue weighted by Crippen LogP contribution is 2.12. The molecular formula is C11H14N2O4S2. The molecule has 8 heteroatoms. The molecule has 0 aromatic heterocycles. The summed E-state index contributed by atoms with van der Waals surface area (Å²) in [7, 11) is -7.56. The van der Waals surface area contributed by atoms with E-state index in [-0.39, 0.29) is 12.2 Å². The third-order valence-corrected chi connectivity index (χ3v) is 5.34. The zero-order chi connectivity index (χ0) is 14.5. The molecule has 0 atom stereocenters. The molecular weight excluding hydrogens is 288 g/mol. The van der Waals surface area contributed by atoms with Gasteiger partial charge in [0, 0.05) is 17.5 Å². The van der Waals surface area contributed by atoms with E-state index < -0.39 is 24.9 Å². The summed E-state index contributed by atoms with van der Waals surface area (Å²) >= 11 is 0. The van der Waals surface area contributed by atoms with Crippen LogP contribution in [0, 0.1) is 11.8 Å². The molecule has 0 fully saturated rings. The summed E-state index contributed by atoms with van der Waals surface area (Å²) in [5.74, 6) is 5.39. The first-order valence-electron chi connectivity index (χ1n) is 5.19. The first-order valence-corrected chi connectivity index (χ1v) is 8.90. The van der Waals surface area contributed by atoms with Gasteiger partial charge in [-0.2, -0.15) is 0 Å². The van der Waals surface area contributed by atoms with E-state index in [1.165, 1.54) is 12.1 Å². The summed E-state index contributed by atoms with van der Waals surface area (Å²) in [6.07, 6.45) is 0.857. The molecule has 0 aliphatic heterocycles. The Balaban J connectivity index is 2.94. The number of nitrogens with one attached hydrogen (secondary N) is 1. The molecule has 0 saturated heterocycles. The molecule has 0 bridgehead atoms. The van der Waals surface area contributed by atoms with E-state index in [2.05, 4.69) is 16.6 Å². The van der Waals surface area contributed by atoms with Crippen LogP contribution < -0.4 is 10.5 Å². The highest BCUT2D eigenvalue weighted by Gasteiger charge is 2.17. The third-order valence-electron chi connectivity index (χ3n) is 1.84. The van der Waals surface area contributed by atoms with Crippen molar-refractivity contribution < 1.29 is 16.8 Å². The Labute approximate surface area is 113 Å². The van der Waals surface area contributed by atoms with Crippen molar-refractivity contribution in [1.29, 1.82) is 0 Å². The van der Waals surface area contributed by atoms with Crippen LogP contribution >= 0.6 is 0 Å². The van der Waals surface area contributed by atoms with Gasteiger partial charge in [-0.05, 0) is 18.2 Å². The van der Waals surface area contributed by atoms with Crippen molar-refractivity contribution in [2.75, 3.05) is 22.6 Å². The van der Waals surface area contributed by atoms with Crippen LogP contribution in [-0.2, 0) is 19.9 Å². The molecule has 0 spiro atoms. The quantitative estimate of drug-likeness (QED) is 0.745. The lowest BCUT2D eigenvalue weighted by Gasteiger charge is -2.07. The fourth-order valence-electron chi connectivity index (χ4n) is 1.30. The topological polar surface area (TPSA) is 106 Å². The Kier molecular flexibility index (Phi) is 4.94. The molecule has 0 amide bonds. The van der Waals surface area contributed by atoms with Gasteiger partial charge in [-0.25, -0.2) is 16.8 Å². The maximum absolute atomic E-state index is 11.6. The summed E-state index contributed by atoms with van der Waals surface area (Å²) in [6.45, 7) is 0.198. The number of rotatable bonds is 4. The molecule has 0 saturated carbocycles. The second kappa shape index (κ2) is 6.06. The number of hydrogen-bond acceptors (Lipinski definition) is 5. The maximum atomic E-state index is 11.6. The minimum Gasteiger partial charge on any atom is -0.320 e. The average molecular weight is 302 g/mol. The zero-order valence-electron chi connectivity index (χ0n) is 10.3. The number of benzene rings is 1. The van der Waals surface area contributed by atoms with Gasteiger partial charge in [0.2, 0.25) is 10.0 Å². The predicted molar refractivity (Wildman–Crippen MR) is 74.6 cm³/mol. The van der Waals surface area contributed by atoms with Crippen molar-refractivity contribution in [3.8, 4) is 11.8 Å². The Morgan fingerprint density at radius 1 is 1.26 bits per heavy atom. The fraction of sp³-hybridized carbons (Fsp3) is 0.273. The molecule has 0 heterocycles. The van der Waals surface area contributed by atoms with Gasteiger partial charge in [-0.3, -0.25) is 4.72 Å². The number of nitrogens with two attached hydrogens (primary N) is 1. The van der Waals surface area contributed by atoms with E-state index >= 15 is 0 Å². The van der Waals surface area contributed by atoms with Crippen molar-refractivity contribution >= 4 is 25.5 Å². The van der Waals surface area contributed by atoms with Crippen molar-refractivity contribution in [1.82, 2.24) is 0 Å². The zero-order valence-corrected chi connectivity index (χ0v) is 11.9. The molecule has 3 N–H and O–H groups in total. The smallest absolute Gasteiger partial charge is 0.247 e. The summed E-state index contributed by atoms with van der Waals surface area (Å²) in [5.41, 5.74) is 6.08. The molecule has 1 aromatic carbocycles. The van der Waals surface area contributed by atoms with Gasteiger partial charge in [0.05, 0.1) is 6.54 Å². The minimum absolute atomic E-state index is 0.198. The molecule has 0 aliphatic carbocycles. The van der Waals surface area contributed by atoms with E-state index in [1.54, 1.807) is 12.1 Å². The molecule has 19 heavy (non-hydrogen) atoms. The van der Waals surface area contributed by atoms with E-state index in [9.17, 15) is 16.8 Å². The SMILES string of the molecule is CS(=O)(=O)CS(=O)(=O)Nc1cccc(C#CCN)c1. The number of anilines is 1. The van der Waals surface area contributed by atoms with Crippen LogP contribution in [0.5, 0.6) is 0 Å². The Morgan fingerprint density at radius 3 is 2.53 bits per heavy atom. The van der Waals surface area contributed by atoms with Gasteiger partial charge in [0.1, 0.15) is 0 Å². The van der Waals surface area contributed by atoms with Crippen LogP contribution in [0.4, 0.5) is 5.69 Å². The maximum Gasteiger partial charge on any atom is 0.247 e. The molecule has 6 nitrogen and oxygen atoms in total. The number of hydrogen-bond donors (Lipinski definition) is 2. The van der Waals surface area contributed by atoms with Crippen LogP contribution in [-0.4, -0.2) is 34.7 Å². The Hall–Kier alpha value is -1.56. The van der Waals surface area contributed by atoms with Gasteiger partial charge < -0.3 is 5.73 Å². The molecule has 1 aromatic rings. The summed E-state index contributed by atoms with van der Waals surface area (Å²) in [4.78, 5) is 0. The van der Waals surface area contributed by atoms with Crippen molar-refractivity contribution in [3.05, 3.63) is 29.8 Å². The van der Waals surface area contributed by atoms with Crippen LogP contribution in [0.2, 0.25) is 0 Å². The number of sulfone groups is 1. The van der Waals surface area contributed by atoms with Gasteiger partial charge in [-0.15, -0.1) is 0 Å². The van der Waals surface area contributed by atoms with Crippen LogP contribution in [0.3, 0.4) is 0 Å². The molecule has 0 aliphatic rings. The third kappa shape index (κ3) is 6.24. The van der Waals surface area contributed by atoms with Crippen LogP contribution in [0.25, 0.3) is 0 Å². The average Bonchev–Trinajstić information content (AvgIpc) is 2.22. The standard InChI is InChI=1S/C11H14N2O4S2/c1-18(14,15)9-19(16,17)13-11-6-2-4-10(8-11)5-3-7-12/h2,4,6,8,13H,7,9,12H2,1H3. The highest BCUT2D eigenvalue weighted by atomic mass is 32.3. The molecule has 104 valence electrons. The predicted octanol–water partition coefficient (Wildman–Crippen LogP) is -0.259. The summed E-state index contributed by atoms with van der Waals surface area (Å²) < 4.78 is 47.4. The van der Waals surface area contributed by atoms with E-state index in [0.29, 0.717) is 5.56 Å². The molecule has 1 rings (SSSR count). The van der Waals surface area contributed by atoms with Crippen LogP contribution in [0.1, 0.15) is 5.56 Å². The normalized spacial score (nSPS) is 11.5. The lowest BCUT2D eigenvalue weighted by Crippen LogP contribution is -2.22. The largest absolute Gasteiger partial charge is 0.320 e. The van der Waals surface area contributed by atoms with Crippen molar-refractivity contribution in [2.24, 2.45) is 5.73 Å². The Morgan fingerprint density at radius 2 is 1.95 bits per heavy atom. The van der Waals surface area contributed by atoms with Gasteiger partial charge in [0.15, 0.2) is 14.9 Å².